The molecule has 0 radical (unpaired) electrons. The van der Waals surface area contributed by atoms with Crippen molar-refractivity contribution in [3.8, 4) is 5.88 Å². The molecule has 0 aliphatic heterocycles. The number of halogens is 3. The quantitative estimate of drug-likeness (QED) is 0.730. The van der Waals surface area contributed by atoms with Crippen LogP contribution in [0.5, 0.6) is 5.88 Å². The van der Waals surface area contributed by atoms with Crippen molar-refractivity contribution in [3.05, 3.63) is 51.1 Å². The fourth-order valence-corrected chi connectivity index (χ4v) is 3.28. The highest BCUT2D eigenvalue weighted by Crippen LogP contribution is 2.37. The van der Waals surface area contributed by atoms with Gasteiger partial charge in [-0.1, -0.05) is 13.8 Å². The van der Waals surface area contributed by atoms with Crippen molar-refractivity contribution >= 4 is 0 Å². The maximum Gasteiger partial charge on any atom is 0.289 e. The van der Waals surface area contributed by atoms with Gasteiger partial charge in [0.25, 0.3) is 5.56 Å². The lowest BCUT2D eigenvalue weighted by Gasteiger charge is -2.30. The first-order valence-electron chi connectivity index (χ1n) is 8.76. The zero-order chi connectivity index (χ0) is 20.4. The number of alkyl halides is 2. The van der Waals surface area contributed by atoms with Crippen LogP contribution in [0.15, 0.2) is 17.2 Å². The first-order valence-corrected chi connectivity index (χ1v) is 8.76. The number of rotatable bonds is 7. The Morgan fingerprint density at radius 2 is 1.89 bits per heavy atom. The zero-order valence-corrected chi connectivity index (χ0v) is 16.1. The third kappa shape index (κ3) is 3.70. The van der Waals surface area contributed by atoms with Gasteiger partial charge < -0.3 is 4.74 Å². The molecule has 0 saturated carbocycles. The third-order valence-corrected chi connectivity index (χ3v) is 5.09. The Labute approximate surface area is 156 Å². The SMILES string of the molecule is CCC(CC)(c1ncn(Cc2c(C)cc(C)nc2OC)c(=O)c1F)C(F)F. The minimum absolute atomic E-state index is 0.0226. The highest BCUT2D eigenvalue weighted by Gasteiger charge is 2.42. The van der Waals surface area contributed by atoms with Crippen LogP contribution in [-0.4, -0.2) is 28.1 Å². The molecule has 0 N–H and O–H groups in total. The van der Waals surface area contributed by atoms with Crippen LogP contribution in [0, 0.1) is 19.7 Å². The van der Waals surface area contributed by atoms with Crippen LogP contribution in [-0.2, 0) is 12.0 Å². The van der Waals surface area contributed by atoms with Crippen molar-refractivity contribution in [1.29, 1.82) is 0 Å². The molecule has 2 aromatic heterocycles. The number of nitrogens with zero attached hydrogens (tertiary/aromatic N) is 3. The van der Waals surface area contributed by atoms with Gasteiger partial charge >= 0.3 is 0 Å². The highest BCUT2D eigenvalue weighted by atomic mass is 19.3. The standard InChI is InChI=1S/C19H24F3N3O2/c1-6-19(7-2,18(21)22)15-14(20)17(26)25(10-23-15)9-13-11(3)8-12(4)24-16(13)27-5/h8,10,18H,6-7,9H2,1-5H3. The van der Waals surface area contributed by atoms with E-state index in [2.05, 4.69) is 9.97 Å². The van der Waals surface area contributed by atoms with E-state index in [1.807, 2.05) is 13.0 Å². The molecule has 0 aromatic carbocycles. The largest absolute Gasteiger partial charge is 0.481 e. The molecule has 27 heavy (non-hydrogen) atoms. The van der Waals surface area contributed by atoms with E-state index in [4.69, 9.17) is 4.74 Å². The molecule has 2 heterocycles. The van der Waals surface area contributed by atoms with Crippen LogP contribution in [0.2, 0.25) is 0 Å². The van der Waals surface area contributed by atoms with Crippen LogP contribution >= 0.6 is 0 Å². The predicted octanol–water partition coefficient (Wildman–Crippen LogP) is 3.77. The number of hydrogen-bond acceptors (Lipinski definition) is 4. The van der Waals surface area contributed by atoms with E-state index >= 15 is 0 Å². The monoisotopic (exact) mass is 383 g/mol. The summed E-state index contributed by atoms with van der Waals surface area (Å²) in [6.07, 6.45) is -1.76. The van der Waals surface area contributed by atoms with Crippen LogP contribution in [0.3, 0.4) is 0 Å². The number of methoxy groups -OCH3 is 1. The van der Waals surface area contributed by atoms with Gasteiger partial charge in [-0.05, 0) is 38.3 Å². The van der Waals surface area contributed by atoms with E-state index in [0.29, 0.717) is 11.4 Å². The van der Waals surface area contributed by atoms with Gasteiger partial charge in [-0.2, -0.15) is 4.39 Å². The maximum absolute atomic E-state index is 14.8. The number of ether oxygens (including phenoxy) is 1. The fraction of sp³-hybridized carbons (Fsp3) is 0.526. The molecule has 0 unspecified atom stereocenters. The van der Waals surface area contributed by atoms with Gasteiger partial charge in [0.2, 0.25) is 18.1 Å². The molecule has 5 nitrogen and oxygen atoms in total. The second-order valence-corrected chi connectivity index (χ2v) is 6.57. The van der Waals surface area contributed by atoms with E-state index in [-0.39, 0.29) is 19.4 Å². The molecule has 2 rings (SSSR count). The first kappa shape index (κ1) is 20.9. The van der Waals surface area contributed by atoms with Gasteiger partial charge in [-0.15, -0.1) is 0 Å². The molecular formula is C19H24F3N3O2. The number of hydrogen-bond donors (Lipinski definition) is 0. The Kier molecular flexibility index (Phi) is 6.28. The van der Waals surface area contributed by atoms with Gasteiger partial charge in [-0.25, -0.2) is 18.7 Å². The fourth-order valence-electron chi connectivity index (χ4n) is 3.28. The summed E-state index contributed by atoms with van der Waals surface area (Å²) in [6, 6.07) is 1.82. The normalized spacial score (nSPS) is 11.9. The van der Waals surface area contributed by atoms with Gasteiger partial charge in [0.05, 0.1) is 31.1 Å². The molecule has 148 valence electrons. The average Bonchev–Trinajstić information content (AvgIpc) is 2.63. The smallest absolute Gasteiger partial charge is 0.289 e. The van der Waals surface area contributed by atoms with Crippen molar-refractivity contribution in [3.63, 3.8) is 0 Å². The lowest BCUT2D eigenvalue weighted by molar-refractivity contribution is 0.0381. The summed E-state index contributed by atoms with van der Waals surface area (Å²) in [7, 11) is 1.45. The lowest BCUT2D eigenvalue weighted by atomic mass is 9.79. The molecule has 0 amide bonds. The van der Waals surface area contributed by atoms with E-state index in [0.717, 1.165) is 22.2 Å². The molecule has 0 bridgehead atoms. The second kappa shape index (κ2) is 8.10. The van der Waals surface area contributed by atoms with Crippen LogP contribution in [0.25, 0.3) is 0 Å². The summed E-state index contributed by atoms with van der Waals surface area (Å²) in [5, 5.41) is 0. The van der Waals surface area contributed by atoms with E-state index in [9.17, 15) is 18.0 Å². The van der Waals surface area contributed by atoms with Gasteiger partial charge in [-0.3, -0.25) is 9.36 Å². The molecule has 2 aromatic rings. The molecule has 0 aliphatic carbocycles. The van der Waals surface area contributed by atoms with Crippen molar-refractivity contribution in [2.45, 2.75) is 58.9 Å². The second-order valence-electron chi connectivity index (χ2n) is 6.57. The van der Waals surface area contributed by atoms with Crippen molar-refractivity contribution in [2.75, 3.05) is 7.11 Å². The molecule has 0 aliphatic rings. The van der Waals surface area contributed by atoms with Crippen molar-refractivity contribution in [2.24, 2.45) is 0 Å². The number of aryl methyl sites for hydroxylation is 2. The van der Waals surface area contributed by atoms with E-state index in [1.54, 1.807) is 6.92 Å². The van der Waals surface area contributed by atoms with E-state index in [1.165, 1.54) is 21.0 Å². The van der Waals surface area contributed by atoms with Crippen LogP contribution in [0.1, 0.15) is 49.2 Å². The molecule has 0 fully saturated rings. The van der Waals surface area contributed by atoms with Crippen molar-refractivity contribution in [1.82, 2.24) is 14.5 Å². The molecule has 0 atom stereocenters. The Hall–Kier alpha value is -2.38. The third-order valence-electron chi connectivity index (χ3n) is 5.09. The molecular weight excluding hydrogens is 359 g/mol. The lowest BCUT2D eigenvalue weighted by Crippen LogP contribution is -2.39. The van der Waals surface area contributed by atoms with Gasteiger partial charge in [0.15, 0.2) is 0 Å². The van der Waals surface area contributed by atoms with Crippen LogP contribution < -0.4 is 10.3 Å². The summed E-state index contributed by atoms with van der Waals surface area (Å²) < 4.78 is 48.4. The summed E-state index contributed by atoms with van der Waals surface area (Å²) >= 11 is 0. The summed E-state index contributed by atoms with van der Waals surface area (Å²) in [5.41, 5.74) is -1.08. The predicted molar refractivity (Wildman–Crippen MR) is 96.1 cm³/mol. The summed E-state index contributed by atoms with van der Waals surface area (Å²) in [6.45, 7) is 6.68. The van der Waals surface area contributed by atoms with Crippen LogP contribution in [0.4, 0.5) is 13.2 Å². The molecule has 8 heteroatoms. The maximum atomic E-state index is 14.8. The topological polar surface area (TPSA) is 57.0 Å². The minimum Gasteiger partial charge on any atom is -0.481 e. The average molecular weight is 383 g/mol. The molecule has 0 saturated heterocycles. The van der Waals surface area contributed by atoms with Crippen molar-refractivity contribution < 1.29 is 17.9 Å². The van der Waals surface area contributed by atoms with Gasteiger partial charge in [0, 0.05) is 11.3 Å². The summed E-state index contributed by atoms with van der Waals surface area (Å²) in [4.78, 5) is 20.7. The molecule has 0 spiro atoms. The number of aromatic nitrogens is 3. The minimum atomic E-state index is -2.83. The Morgan fingerprint density at radius 1 is 1.26 bits per heavy atom. The Balaban J connectivity index is 2.55. The number of pyridine rings is 1. The van der Waals surface area contributed by atoms with Gasteiger partial charge in [0.1, 0.15) is 0 Å². The summed E-state index contributed by atoms with van der Waals surface area (Å²) in [5.74, 6) is -0.911. The Morgan fingerprint density at radius 3 is 2.41 bits per heavy atom. The van der Waals surface area contributed by atoms with E-state index < -0.39 is 28.9 Å². The Bertz CT molecular complexity index is 877. The first-order chi connectivity index (χ1) is 12.7. The zero-order valence-electron chi connectivity index (χ0n) is 16.1. The highest BCUT2D eigenvalue weighted by molar-refractivity contribution is 5.36.